The van der Waals surface area contributed by atoms with Crippen LogP contribution in [0, 0.1) is 0 Å². The number of carboxylic acid groups (broad SMARTS) is 1. The molecule has 0 radical (unpaired) electrons. The number of aliphatic carboxylic acids is 1. The molecule has 8 heteroatoms. The van der Waals surface area contributed by atoms with Crippen molar-refractivity contribution in [1.29, 1.82) is 0 Å². The van der Waals surface area contributed by atoms with Crippen molar-refractivity contribution in [2.75, 3.05) is 13.7 Å². The molecule has 106 valence electrons. The Balaban J connectivity index is 2.92. The Morgan fingerprint density at radius 3 is 2.37 bits per heavy atom. The fourth-order valence-electron chi connectivity index (χ4n) is 1.37. The second-order valence-electron chi connectivity index (χ2n) is 3.70. The molecule has 0 saturated heterocycles. The number of ether oxygens (including phenoxy) is 1. The Morgan fingerprint density at radius 1 is 1.37 bits per heavy atom. The maximum Gasteiger partial charge on any atom is 0.321 e. The molecule has 0 heterocycles. The summed E-state index contributed by atoms with van der Waals surface area (Å²) in [6, 6.07) is 4.15. The molecular formula is C11H15NO6S. The number of sulfonamides is 1. The van der Waals surface area contributed by atoms with Crippen molar-refractivity contribution in [2.45, 2.75) is 17.4 Å². The molecule has 1 atom stereocenters. The maximum atomic E-state index is 11.9. The first-order valence-electron chi connectivity index (χ1n) is 5.40. The summed E-state index contributed by atoms with van der Waals surface area (Å²) < 4.78 is 30.8. The molecule has 3 N–H and O–H groups in total. The zero-order valence-electron chi connectivity index (χ0n) is 10.2. The second kappa shape index (κ2) is 6.50. The van der Waals surface area contributed by atoms with Gasteiger partial charge in [0.15, 0.2) is 0 Å². The average molecular weight is 289 g/mol. The first kappa shape index (κ1) is 15.4. The number of hydrogen-bond acceptors (Lipinski definition) is 5. The number of carbonyl (C=O) groups is 1. The second-order valence-corrected chi connectivity index (χ2v) is 5.41. The van der Waals surface area contributed by atoms with Gasteiger partial charge >= 0.3 is 5.97 Å². The van der Waals surface area contributed by atoms with Crippen molar-refractivity contribution >= 4 is 16.0 Å². The van der Waals surface area contributed by atoms with Gasteiger partial charge in [0.1, 0.15) is 11.8 Å². The van der Waals surface area contributed by atoms with Gasteiger partial charge < -0.3 is 14.9 Å². The Bertz CT molecular complexity index is 525. The monoisotopic (exact) mass is 289 g/mol. The van der Waals surface area contributed by atoms with Crippen LogP contribution in [0.15, 0.2) is 29.2 Å². The summed E-state index contributed by atoms with van der Waals surface area (Å²) >= 11 is 0. The van der Waals surface area contributed by atoms with Crippen LogP contribution < -0.4 is 9.46 Å². The third kappa shape index (κ3) is 4.19. The van der Waals surface area contributed by atoms with E-state index in [-0.39, 0.29) is 11.3 Å². The van der Waals surface area contributed by atoms with Gasteiger partial charge in [-0.2, -0.15) is 4.72 Å². The van der Waals surface area contributed by atoms with E-state index in [9.17, 15) is 13.2 Å². The molecule has 1 rings (SSSR count). The number of carboxylic acids is 1. The number of benzene rings is 1. The molecule has 0 spiro atoms. The lowest BCUT2D eigenvalue weighted by molar-refractivity contribution is -0.139. The molecule has 0 saturated carbocycles. The quantitative estimate of drug-likeness (QED) is 0.641. The minimum absolute atomic E-state index is 0.0718. The smallest absolute Gasteiger partial charge is 0.321 e. The van der Waals surface area contributed by atoms with Crippen LogP contribution in [-0.4, -0.2) is 44.4 Å². The highest BCUT2D eigenvalue weighted by Crippen LogP contribution is 2.15. The minimum atomic E-state index is -3.95. The summed E-state index contributed by atoms with van der Waals surface area (Å²) in [5, 5.41) is 17.5. The molecule has 0 aliphatic carbocycles. The number of rotatable bonds is 7. The summed E-state index contributed by atoms with van der Waals surface area (Å²) in [6.07, 6.45) is -0.204. The van der Waals surface area contributed by atoms with Gasteiger partial charge in [0.25, 0.3) is 0 Å². The summed E-state index contributed by atoms with van der Waals surface area (Å²) in [7, 11) is -2.50. The Labute approximate surface area is 110 Å². The van der Waals surface area contributed by atoms with E-state index in [2.05, 4.69) is 0 Å². The summed E-state index contributed by atoms with van der Waals surface area (Å²) in [5.74, 6) is -0.852. The molecule has 0 aliphatic heterocycles. The molecule has 0 fully saturated rings. The lowest BCUT2D eigenvalue weighted by atomic mass is 10.2. The predicted molar refractivity (Wildman–Crippen MR) is 66.4 cm³/mol. The van der Waals surface area contributed by atoms with E-state index in [1.165, 1.54) is 31.4 Å². The van der Waals surface area contributed by atoms with Gasteiger partial charge in [0.2, 0.25) is 10.0 Å². The highest BCUT2D eigenvalue weighted by Gasteiger charge is 2.24. The van der Waals surface area contributed by atoms with E-state index in [1.54, 1.807) is 0 Å². The van der Waals surface area contributed by atoms with Crippen molar-refractivity contribution < 1.29 is 28.2 Å². The van der Waals surface area contributed by atoms with Crippen molar-refractivity contribution in [3.05, 3.63) is 24.3 Å². The van der Waals surface area contributed by atoms with E-state index in [0.717, 1.165) is 0 Å². The fourth-order valence-corrected chi connectivity index (χ4v) is 2.60. The van der Waals surface area contributed by atoms with Gasteiger partial charge in [-0.05, 0) is 30.7 Å². The lowest BCUT2D eigenvalue weighted by Crippen LogP contribution is -2.41. The number of aliphatic hydroxyl groups is 1. The molecule has 19 heavy (non-hydrogen) atoms. The Morgan fingerprint density at radius 2 is 1.95 bits per heavy atom. The number of methoxy groups -OCH3 is 1. The van der Waals surface area contributed by atoms with Crippen LogP contribution in [0.1, 0.15) is 6.42 Å². The van der Waals surface area contributed by atoms with E-state index in [0.29, 0.717) is 5.75 Å². The number of aliphatic hydroxyl groups excluding tert-OH is 1. The highest BCUT2D eigenvalue weighted by molar-refractivity contribution is 7.89. The average Bonchev–Trinajstić information content (AvgIpc) is 2.38. The van der Waals surface area contributed by atoms with Gasteiger partial charge in [0, 0.05) is 6.61 Å². The van der Waals surface area contributed by atoms with Gasteiger partial charge in [-0.25, -0.2) is 8.42 Å². The third-order valence-electron chi connectivity index (χ3n) is 2.38. The van der Waals surface area contributed by atoms with E-state index >= 15 is 0 Å². The van der Waals surface area contributed by atoms with E-state index < -0.39 is 28.6 Å². The normalized spacial score (nSPS) is 12.9. The van der Waals surface area contributed by atoms with Gasteiger partial charge in [-0.15, -0.1) is 0 Å². The molecule has 0 unspecified atom stereocenters. The molecule has 0 aromatic heterocycles. The van der Waals surface area contributed by atoms with Crippen LogP contribution in [0.5, 0.6) is 5.75 Å². The van der Waals surface area contributed by atoms with Crippen LogP contribution >= 0.6 is 0 Å². The molecule has 0 bridgehead atoms. The maximum absolute atomic E-state index is 11.9. The highest BCUT2D eigenvalue weighted by atomic mass is 32.2. The van der Waals surface area contributed by atoms with Crippen LogP contribution in [0.2, 0.25) is 0 Å². The fraction of sp³-hybridized carbons (Fsp3) is 0.364. The lowest BCUT2D eigenvalue weighted by Gasteiger charge is -2.13. The SMILES string of the molecule is COc1ccc(S(=O)(=O)N[C@H](CCO)C(=O)O)cc1. The summed E-state index contributed by atoms with van der Waals surface area (Å²) in [6.45, 7) is -0.428. The van der Waals surface area contributed by atoms with Crippen molar-refractivity contribution in [3.63, 3.8) is 0 Å². The van der Waals surface area contributed by atoms with Gasteiger partial charge in [0.05, 0.1) is 12.0 Å². The topological polar surface area (TPSA) is 113 Å². The van der Waals surface area contributed by atoms with Crippen LogP contribution in [-0.2, 0) is 14.8 Å². The van der Waals surface area contributed by atoms with Gasteiger partial charge in [-0.3, -0.25) is 4.79 Å². The van der Waals surface area contributed by atoms with Crippen LogP contribution in [0.4, 0.5) is 0 Å². The molecule has 7 nitrogen and oxygen atoms in total. The zero-order chi connectivity index (χ0) is 14.5. The first-order valence-corrected chi connectivity index (χ1v) is 6.89. The largest absolute Gasteiger partial charge is 0.497 e. The summed E-state index contributed by atoms with van der Waals surface area (Å²) in [5.41, 5.74) is 0. The van der Waals surface area contributed by atoms with Crippen molar-refractivity contribution in [3.8, 4) is 5.75 Å². The zero-order valence-corrected chi connectivity index (χ0v) is 11.1. The van der Waals surface area contributed by atoms with E-state index in [1.807, 2.05) is 4.72 Å². The van der Waals surface area contributed by atoms with Crippen LogP contribution in [0.25, 0.3) is 0 Å². The molecule has 0 amide bonds. The van der Waals surface area contributed by atoms with Crippen molar-refractivity contribution in [1.82, 2.24) is 4.72 Å². The standard InChI is InChI=1S/C11H15NO6S/c1-18-8-2-4-9(5-3-8)19(16,17)12-10(6-7-13)11(14)15/h2-5,10,12-13H,6-7H2,1H3,(H,14,15)/t10-/m1/s1. The molecule has 1 aromatic carbocycles. The first-order chi connectivity index (χ1) is 8.90. The molecule has 1 aromatic rings. The van der Waals surface area contributed by atoms with Gasteiger partial charge in [-0.1, -0.05) is 0 Å². The number of hydrogen-bond donors (Lipinski definition) is 3. The third-order valence-corrected chi connectivity index (χ3v) is 3.87. The minimum Gasteiger partial charge on any atom is -0.497 e. The van der Waals surface area contributed by atoms with Crippen molar-refractivity contribution in [2.24, 2.45) is 0 Å². The van der Waals surface area contributed by atoms with E-state index in [4.69, 9.17) is 14.9 Å². The summed E-state index contributed by atoms with van der Waals surface area (Å²) in [4.78, 5) is 10.8. The molecular weight excluding hydrogens is 274 g/mol. The number of nitrogens with one attached hydrogen (secondary N) is 1. The molecule has 0 aliphatic rings. The predicted octanol–water partition coefficient (Wildman–Crippen LogP) is -0.191. The Kier molecular flexibility index (Phi) is 5.28. The van der Waals surface area contributed by atoms with Crippen LogP contribution in [0.3, 0.4) is 0 Å². The Hall–Kier alpha value is -1.64.